The highest BCUT2D eigenvalue weighted by molar-refractivity contribution is 6.36. The molecule has 0 N–H and O–H groups in total. The van der Waals surface area contributed by atoms with Crippen molar-refractivity contribution in [3.8, 4) is 28.1 Å². The number of hydrogen-bond donors (Lipinski definition) is 0. The van der Waals surface area contributed by atoms with E-state index in [0.29, 0.717) is 22.9 Å². The Bertz CT molecular complexity index is 1510. The van der Waals surface area contributed by atoms with E-state index in [2.05, 4.69) is 41.0 Å². The first kappa shape index (κ1) is 24.1. The maximum absolute atomic E-state index is 11.9. The van der Waals surface area contributed by atoms with Crippen LogP contribution in [-0.2, 0) is 6.42 Å². The number of para-hydroxylation sites is 1. The Balaban J connectivity index is 1.45. The minimum atomic E-state index is 0.157. The molecule has 3 nitrogen and oxygen atoms in total. The molecule has 5 aromatic rings. The SMILES string of the molecule is CCC(=O)c1ccc(-c2ccc(Cc3nc(-c4ccc(Cl)cc4Cl)cn3-c3ccccc3)cc2)cc1. The van der Waals surface area contributed by atoms with E-state index in [0.717, 1.165) is 45.0 Å². The van der Waals surface area contributed by atoms with Crippen LogP contribution in [0, 0.1) is 0 Å². The van der Waals surface area contributed by atoms with Crippen molar-refractivity contribution in [3.05, 3.63) is 130 Å². The summed E-state index contributed by atoms with van der Waals surface area (Å²) < 4.78 is 2.11. The van der Waals surface area contributed by atoms with Crippen LogP contribution in [0.3, 0.4) is 0 Å². The molecule has 0 fully saturated rings. The Morgan fingerprint density at radius 3 is 2.14 bits per heavy atom. The van der Waals surface area contributed by atoms with Crippen LogP contribution in [0.2, 0.25) is 10.0 Å². The number of nitrogens with zero attached hydrogens (tertiary/aromatic N) is 2. The molecular weight excluding hydrogens is 487 g/mol. The predicted molar refractivity (Wildman–Crippen MR) is 148 cm³/mol. The number of carbonyl (C=O) groups is 1. The maximum Gasteiger partial charge on any atom is 0.162 e. The van der Waals surface area contributed by atoms with E-state index in [1.165, 1.54) is 0 Å². The lowest BCUT2D eigenvalue weighted by atomic mass is 10.00. The highest BCUT2D eigenvalue weighted by Gasteiger charge is 2.14. The van der Waals surface area contributed by atoms with Crippen molar-refractivity contribution in [3.63, 3.8) is 0 Å². The Hall–Kier alpha value is -3.66. The summed E-state index contributed by atoms with van der Waals surface area (Å²) in [5.41, 5.74) is 6.77. The summed E-state index contributed by atoms with van der Waals surface area (Å²) in [5, 5.41) is 1.17. The van der Waals surface area contributed by atoms with Crippen molar-refractivity contribution in [1.29, 1.82) is 0 Å². The van der Waals surface area contributed by atoms with Gasteiger partial charge in [-0.15, -0.1) is 0 Å². The number of rotatable bonds is 7. The highest BCUT2D eigenvalue weighted by Crippen LogP contribution is 2.31. The molecule has 0 aliphatic rings. The first-order valence-corrected chi connectivity index (χ1v) is 12.6. The molecule has 0 spiro atoms. The number of hydrogen-bond acceptors (Lipinski definition) is 2. The lowest BCUT2D eigenvalue weighted by Crippen LogP contribution is -2.01. The van der Waals surface area contributed by atoms with E-state index in [-0.39, 0.29) is 5.78 Å². The third-order valence-corrected chi connectivity index (χ3v) is 6.75. The van der Waals surface area contributed by atoms with E-state index in [1.54, 1.807) is 6.07 Å². The number of carbonyl (C=O) groups excluding carboxylic acids is 1. The summed E-state index contributed by atoms with van der Waals surface area (Å²) in [6.45, 7) is 1.88. The van der Waals surface area contributed by atoms with Crippen LogP contribution < -0.4 is 0 Å². The number of Topliss-reactive ketones (excluding diaryl/α,β-unsaturated/α-hetero) is 1. The number of halogens is 2. The van der Waals surface area contributed by atoms with Crippen LogP contribution in [0.4, 0.5) is 0 Å². The largest absolute Gasteiger partial charge is 0.303 e. The fourth-order valence-corrected chi connectivity index (χ4v) is 4.74. The molecule has 0 unspecified atom stereocenters. The van der Waals surface area contributed by atoms with Crippen molar-refractivity contribution in [1.82, 2.24) is 9.55 Å². The molecule has 0 aliphatic heterocycles. The average Bonchev–Trinajstić information content (AvgIpc) is 3.32. The molecule has 0 aliphatic carbocycles. The van der Waals surface area contributed by atoms with Crippen molar-refractivity contribution < 1.29 is 4.79 Å². The lowest BCUT2D eigenvalue weighted by molar-refractivity contribution is 0.0988. The predicted octanol–water partition coefficient (Wildman–Crippen LogP) is 8.70. The first-order chi connectivity index (χ1) is 17.5. The van der Waals surface area contributed by atoms with Gasteiger partial charge in [0, 0.05) is 40.9 Å². The molecule has 5 heteroatoms. The summed E-state index contributed by atoms with van der Waals surface area (Å²) in [4.78, 5) is 16.9. The van der Waals surface area contributed by atoms with Gasteiger partial charge in [-0.25, -0.2) is 4.98 Å². The summed E-state index contributed by atoms with van der Waals surface area (Å²) in [6, 6.07) is 31.9. The van der Waals surface area contributed by atoms with Crippen LogP contribution in [-0.4, -0.2) is 15.3 Å². The second-order valence-corrected chi connectivity index (χ2v) is 9.44. The van der Waals surface area contributed by atoms with Gasteiger partial charge >= 0.3 is 0 Å². The molecule has 1 aromatic heterocycles. The van der Waals surface area contributed by atoms with E-state index in [1.807, 2.05) is 67.7 Å². The summed E-state index contributed by atoms with van der Waals surface area (Å²) >= 11 is 12.6. The second-order valence-electron chi connectivity index (χ2n) is 8.60. The van der Waals surface area contributed by atoms with Crippen molar-refractivity contribution in [2.75, 3.05) is 0 Å². The lowest BCUT2D eigenvalue weighted by Gasteiger charge is -2.09. The van der Waals surface area contributed by atoms with Crippen LogP contribution in [0.5, 0.6) is 0 Å². The maximum atomic E-state index is 11.9. The van der Waals surface area contributed by atoms with Crippen molar-refractivity contribution in [2.45, 2.75) is 19.8 Å². The van der Waals surface area contributed by atoms with E-state index < -0.39 is 0 Å². The van der Waals surface area contributed by atoms with Gasteiger partial charge in [0.1, 0.15) is 5.82 Å². The van der Waals surface area contributed by atoms with Gasteiger partial charge in [-0.2, -0.15) is 0 Å². The minimum Gasteiger partial charge on any atom is -0.303 e. The van der Waals surface area contributed by atoms with Gasteiger partial charge in [0.15, 0.2) is 5.78 Å². The Kier molecular flexibility index (Phi) is 7.04. The number of aromatic nitrogens is 2. The third-order valence-electron chi connectivity index (χ3n) is 6.20. The summed E-state index contributed by atoms with van der Waals surface area (Å²) in [6.07, 6.45) is 3.19. The van der Waals surface area contributed by atoms with Crippen LogP contribution in [0.15, 0.2) is 103 Å². The average molecular weight is 511 g/mol. The molecule has 5 rings (SSSR count). The second kappa shape index (κ2) is 10.5. The van der Waals surface area contributed by atoms with Gasteiger partial charge < -0.3 is 4.57 Å². The van der Waals surface area contributed by atoms with Gasteiger partial charge in [0.25, 0.3) is 0 Å². The standard InChI is InChI=1S/C31H24Cl2N2O/c1-2-30(36)24-14-12-23(13-15-24)22-10-8-21(9-11-22)18-31-34-29(27-17-16-25(32)19-28(27)33)20-35(31)26-6-4-3-5-7-26/h3-17,19-20H,2,18H2,1H3. The topological polar surface area (TPSA) is 34.9 Å². The fraction of sp³-hybridized carbons (Fsp3) is 0.0968. The molecular formula is C31H24Cl2N2O. The zero-order valence-electron chi connectivity index (χ0n) is 19.8. The number of imidazole rings is 1. The summed E-state index contributed by atoms with van der Waals surface area (Å²) in [7, 11) is 0. The highest BCUT2D eigenvalue weighted by atomic mass is 35.5. The van der Waals surface area contributed by atoms with Crippen LogP contribution >= 0.6 is 23.2 Å². The molecule has 0 bridgehead atoms. The zero-order chi connectivity index (χ0) is 25.1. The molecule has 0 saturated heterocycles. The molecule has 0 amide bonds. The van der Waals surface area contributed by atoms with E-state index in [4.69, 9.17) is 28.2 Å². The monoisotopic (exact) mass is 510 g/mol. The Morgan fingerprint density at radius 2 is 1.50 bits per heavy atom. The molecule has 1 heterocycles. The van der Waals surface area contributed by atoms with Gasteiger partial charge in [-0.05, 0) is 47.0 Å². The molecule has 178 valence electrons. The number of benzene rings is 4. The van der Waals surface area contributed by atoms with Crippen molar-refractivity contribution in [2.24, 2.45) is 0 Å². The molecule has 0 radical (unpaired) electrons. The molecule has 0 atom stereocenters. The van der Waals surface area contributed by atoms with E-state index in [9.17, 15) is 4.79 Å². The molecule has 4 aromatic carbocycles. The normalized spacial score (nSPS) is 11.0. The van der Waals surface area contributed by atoms with Crippen molar-refractivity contribution >= 4 is 29.0 Å². The molecule has 36 heavy (non-hydrogen) atoms. The third kappa shape index (κ3) is 5.13. The quantitative estimate of drug-likeness (QED) is 0.205. The number of ketones is 1. The van der Waals surface area contributed by atoms with Gasteiger partial charge in [0.2, 0.25) is 0 Å². The molecule has 0 saturated carbocycles. The fourth-order valence-electron chi connectivity index (χ4n) is 4.23. The zero-order valence-corrected chi connectivity index (χ0v) is 21.3. The van der Waals surface area contributed by atoms with E-state index >= 15 is 0 Å². The van der Waals surface area contributed by atoms with Gasteiger partial charge in [-0.1, -0.05) is 96.9 Å². The minimum absolute atomic E-state index is 0.157. The Morgan fingerprint density at radius 1 is 0.833 bits per heavy atom. The van der Waals surface area contributed by atoms with Crippen LogP contribution in [0.25, 0.3) is 28.1 Å². The Labute approximate surface area is 221 Å². The summed E-state index contributed by atoms with van der Waals surface area (Å²) in [5.74, 6) is 1.07. The van der Waals surface area contributed by atoms with Crippen LogP contribution in [0.1, 0.15) is 35.1 Å². The smallest absolute Gasteiger partial charge is 0.162 e. The first-order valence-electron chi connectivity index (χ1n) is 11.8. The van der Waals surface area contributed by atoms with Gasteiger partial charge in [-0.3, -0.25) is 4.79 Å². The van der Waals surface area contributed by atoms with Gasteiger partial charge in [0.05, 0.1) is 10.7 Å².